The Bertz CT molecular complexity index is 1320. The van der Waals surface area contributed by atoms with E-state index in [2.05, 4.69) is 25.5 Å². The zero-order valence-electron chi connectivity index (χ0n) is 17.8. The number of sulfonamides is 1. The minimum Gasteiger partial charge on any atom is -0.415 e. The highest BCUT2D eigenvalue weighted by atomic mass is 32.2. The van der Waals surface area contributed by atoms with Gasteiger partial charge in [-0.15, -0.1) is 10.2 Å². The van der Waals surface area contributed by atoms with Gasteiger partial charge in [0.2, 0.25) is 15.9 Å². The molecule has 0 bridgehead atoms. The van der Waals surface area contributed by atoms with E-state index >= 15 is 0 Å². The summed E-state index contributed by atoms with van der Waals surface area (Å²) < 4.78 is 31.5. The average molecular weight is 451 g/mol. The van der Waals surface area contributed by atoms with Gasteiger partial charge in [0.1, 0.15) is 5.69 Å². The molecule has 1 N–H and O–H groups in total. The van der Waals surface area contributed by atoms with Crippen molar-refractivity contribution in [1.82, 2.24) is 29.8 Å². The largest absolute Gasteiger partial charge is 0.415 e. The number of nitrogens with one attached hydrogen (secondary N) is 1. The molecule has 0 amide bonds. The predicted octanol–water partition coefficient (Wildman–Crippen LogP) is 2.83. The van der Waals surface area contributed by atoms with Gasteiger partial charge in [0.25, 0.3) is 5.89 Å². The molecule has 164 valence electrons. The Morgan fingerprint density at radius 1 is 0.875 bits per heavy atom. The molecule has 0 unspecified atom stereocenters. The highest BCUT2D eigenvalue weighted by molar-refractivity contribution is 7.89. The summed E-state index contributed by atoms with van der Waals surface area (Å²) >= 11 is 0. The Kier molecular flexibility index (Phi) is 6.08. The van der Waals surface area contributed by atoms with Gasteiger partial charge in [-0.25, -0.2) is 17.7 Å². The second-order valence-electron chi connectivity index (χ2n) is 7.24. The lowest BCUT2D eigenvalue weighted by atomic mass is 10.1. The number of aromatic nitrogens is 4. The van der Waals surface area contributed by atoms with Crippen LogP contribution in [0.5, 0.6) is 0 Å². The van der Waals surface area contributed by atoms with Crippen LogP contribution >= 0.6 is 0 Å². The van der Waals surface area contributed by atoms with E-state index in [1.165, 1.54) is 18.4 Å². The van der Waals surface area contributed by atoms with E-state index in [1.54, 1.807) is 36.7 Å². The van der Waals surface area contributed by atoms with Crippen molar-refractivity contribution in [3.05, 3.63) is 66.5 Å². The fraction of sp³-hybridized carbons (Fsp3) is 0.182. The lowest BCUT2D eigenvalue weighted by molar-refractivity contribution is 0.521. The maximum atomic E-state index is 12.3. The first kappa shape index (κ1) is 21.8. The van der Waals surface area contributed by atoms with Crippen LogP contribution in [0.3, 0.4) is 0 Å². The lowest BCUT2D eigenvalue weighted by Gasteiger charge is -2.11. The van der Waals surface area contributed by atoms with Gasteiger partial charge in [0, 0.05) is 31.8 Å². The first-order valence-electron chi connectivity index (χ1n) is 9.81. The van der Waals surface area contributed by atoms with Crippen molar-refractivity contribution >= 4 is 10.0 Å². The second kappa shape index (κ2) is 8.95. The third-order valence-electron chi connectivity index (χ3n) is 4.79. The first-order chi connectivity index (χ1) is 15.4. The molecule has 0 aliphatic rings. The normalized spacial score (nSPS) is 11.8. The van der Waals surface area contributed by atoms with E-state index in [-0.39, 0.29) is 10.8 Å². The van der Waals surface area contributed by atoms with Crippen molar-refractivity contribution in [2.45, 2.75) is 11.4 Å². The zero-order valence-corrected chi connectivity index (χ0v) is 18.7. The predicted molar refractivity (Wildman–Crippen MR) is 120 cm³/mol. The van der Waals surface area contributed by atoms with Crippen molar-refractivity contribution in [3.8, 4) is 34.3 Å². The molecule has 0 saturated heterocycles. The van der Waals surface area contributed by atoms with Crippen LogP contribution in [0.1, 0.15) is 5.56 Å². The van der Waals surface area contributed by atoms with Gasteiger partial charge >= 0.3 is 0 Å². The van der Waals surface area contributed by atoms with Gasteiger partial charge in [0.05, 0.1) is 23.0 Å². The van der Waals surface area contributed by atoms with Crippen LogP contribution in [-0.4, -0.2) is 54.0 Å². The Morgan fingerprint density at radius 2 is 1.50 bits per heavy atom. The van der Waals surface area contributed by atoms with Crippen molar-refractivity contribution in [2.24, 2.45) is 0 Å². The molecular weight excluding hydrogens is 428 g/mol. The maximum absolute atomic E-state index is 12.3. The smallest absolute Gasteiger partial charge is 0.268 e. The van der Waals surface area contributed by atoms with Crippen molar-refractivity contribution in [1.29, 1.82) is 0 Å². The number of rotatable bonds is 7. The van der Waals surface area contributed by atoms with Gasteiger partial charge in [-0.05, 0) is 36.9 Å². The molecule has 2 heterocycles. The lowest BCUT2D eigenvalue weighted by Crippen LogP contribution is -2.22. The van der Waals surface area contributed by atoms with Gasteiger partial charge < -0.3 is 9.73 Å². The van der Waals surface area contributed by atoms with Gasteiger partial charge in [0.15, 0.2) is 0 Å². The molecule has 2 aromatic carbocycles. The molecule has 0 atom stereocenters. The second-order valence-corrected chi connectivity index (χ2v) is 9.39. The molecule has 0 aliphatic heterocycles. The van der Waals surface area contributed by atoms with E-state index in [9.17, 15) is 8.42 Å². The fourth-order valence-corrected chi connectivity index (χ4v) is 3.93. The fourth-order valence-electron chi connectivity index (χ4n) is 3.03. The molecule has 32 heavy (non-hydrogen) atoms. The van der Waals surface area contributed by atoms with Crippen LogP contribution in [0.25, 0.3) is 34.3 Å². The monoisotopic (exact) mass is 450 g/mol. The molecular formula is C22H22N6O3S. The summed E-state index contributed by atoms with van der Waals surface area (Å²) in [5.41, 5.74) is 3.67. The van der Waals surface area contributed by atoms with E-state index in [0.717, 1.165) is 23.2 Å². The number of nitrogens with zero attached hydrogens (tertiary/aromatic N) is 5. The van der Waals surface area contributed by atoms with Gasteiger partial charge in [-0.1, -0.05) is 24.3 Å². The molecule has 0 fully saturated rings. The minimum absolute atomic E-state index is 0.206. The van der Waals surface area contributed by atoms with E-state index < -0.39 is 10.0 Å². The van der Waals surface area contributed by atoms with Gasteiger partial charge in [-0.3, -0.25) is 4.98 Å². The van der Waals surface area contributed by atoms with Crippen LogP contribution in [0.15, 0.2) is 70.2 Å². The number of benzene rings is 2. The third-order valence-corrected chi connectivity index (χ3v) is 6.62. The van der Waals surface area contributed by atoms with Crippen molar-refractivity contribution < 1.29 is 12.8 Å². The van der Waals surface area contributed by atoms with E-state index in [1.807, 2.05) is 31.3 Å². The number of hydrogen-bond acceptors (Lipinski definition) is 8. The summed E-state index contributed by atoms with van der Waals surface area (Å²) in [6.45, 7) is 0.778. The number of hydrogen-bond donors (Lipinski definition) is 1. The standard InChI is InChI=1S/C22H22N6O3S/c1-23-12-15-4-6-17(7-5-15)21-26-27-22(31-21)20-14-24-13-19(25-20)16-8-10-18(11-9-16)32(29,30)28(2)3/h4-11,13-14,23H,12H2,1-3H3. The van der Waals surface area contributed by atoms with Crippen molar-refractivity contribution in [2.75, 3.05) is 21.1 Å². The van der Waals surface area contributed by atoms with Crippen LogP contribution in [0, 0.1) is 0 Å². The Hall–Kier alpha value is -3.47. The topological polar surface area (TPSA) is 114 Å². The molecule has 0 spiro atoms. The van der Waals surface area contributed by atoms with Crippen molar-refractivity contribution in [3.63, 3.8) is 0 Å². The summed E-state index contributed by atoms with van der Waals surface area (Å²) in [5.74, 6) is 0.641. The summed E-state index contributed by atoms with van der Waals surface area (Å²) in [5, 5.41) is 11.3. The quantitative estimate of drug-likeness (QED) is 0.457. The molecule has 10 heteroatoms. The summed E-state index contributed by atoms with van der Waals surface area (Å²) in [6, 6.07) is 14.3. The minimum atomic E-state index is -3.50. The Labute approximate surface area is 186 Å². The average Bonchev–Trinajstić information content (AvgIpc) is 3.30. The maximum Gasteiger partial charge on any atom is 0.268 e. The van der Waals surface area contributed by atoms with Crippen LogP contribution in [0.4, 0.5) is 0 Å². The van der Waals surface area contributed by atoms with E-state index in [4.69, 9.17) is 4.42 Å². The molecule has 0 aliphatic carbocycles. The molecule has 0 radical (unpaired) electrons. The first-order valence-corrected chi connectivity index (χ1v) is 11.3. The molecule has 9 nitrogen and oxygen atoms in total. The molecule has 2 aromatic heterocycles. The molecule has 4 aromatic rings. The summed E-state index contributed by atoms with van der Waals surface area (Å²) in [4.78, 5) is 8.99. The molecule has 4 rings (SSSR count). The van der Waals surface area contributed by atoms with Crippen LogP contribution in [-0.2, 0) is 16.6 Å². The Balaban J connectivity index is 1.59. The van der Waals surface area contributed by atoms with E-state index in [0.29, 0.717) is 17.3 Å². The van der Waals surface area contributed by atoms with Crippen LogP contribution < -0.4 is 5.32 Å². The summed E-state index contributed by atoms with van der Waals surface area (Å²) in [7, 11) is 1.39. The van der Waals surface area contributed by atoms with Crippen LogP contribution in [0.2, 0.25) is 0 Å². The summed E-state index contributed by atoms with van der Waals surface area (Å²) in [6.07, 6.45) is 3.14. The van der Waals surface area contributed by atoms with Gasteiger partial charge in [-0.2, -0.15) is 0 Å². The highest BCUT2D eigenvalue weighted by Crippen LogP contribution is 2.25. The highest BCUT2D eigenvalue weighted by Gasteiger charge is 2.17. The zero-order chi connectivity index (χ0) is 22.7. The third kappa shape index (κ3) is 4.42. The molecule has 0 saturated carbocycles. The Morgan fingerprint density at radius 3 is 2.16 bits per heavy atom. The SMILES string of the molecule is CNCc1ccc(-c2nnc(-c3cncc(-c4ccc(S(=O)(=O)N(C)C)cc4)n3)o2)cc1.